The minimum Gasteiger partial charge on any atom is -0.312 e. The lowest BCUT2D eigenvalue weighted by atomic mass is 10.2. The van der Waals surface area contributed by atoms with Crippen LogP contribution in [0.15, 0.2) is 6.20 Å². The van der Waals surface area contributed by atoms with Gasteiger partial charge in [-0.05, 0) is 6.92 Å². The molecule has 1 N–H and O–H groups in total. The molecular weight excluding hydrogens is 128 g/mol. The summed E-state index contributed by atoms with van der Waals surface area (Å²) in [5.74, 6) is 0. The maximum absolute atomic E-state index is 3.96. The highest BCUT2D eigenvalue weighted by Gasteiger charge is 2.18. The highest BCUT2D eigenvalue weighted by molar-refractivity contribution is 4.91. The number of nitrogens with zero attached hydrogens (tertiary/aromatic N) is 3. The molecule has 1 aliphatic rings. The Labute approximate surface area is 59.2 Å². The normalized spacial score (nSPS) is 18.9. The van der Waals surface area contributed by atoms with Crippen molar-refractivity contribution < 1.29 is 0 Å². The fourth-order valence-corrected chi connectivity index (χ4v) is 1.00. The predicted octanol–water partition coefficient (Wildman–Crippen LogP) is -0.269. The quantitative estimate of drug-likeness (QED) is 0.581. The first-order valence-electron chi connectivity index (χ1n) is 3.45. The summed E-state index contributed by atoms with van der Waals surface area (Å²) in [6.07, 6.45) is 1.98. The van der Waals surface area contributed by atoms with Gasteiger partial charge in [0, 0.05) is 19.3 Å². The van der Waals surface area contributed by atoms with Crippen molar-refractivity contribution in [3.8, 4) is 0 Å². The first kappa shape index (κ1) is 5.85. The van der Waals surface area contributed by atoms with Crippen LogP contribution < -0.4 is 5.32 Å². The number of nitrogens with one attached hydrogen (secondary N) is 1. The van der Waals surface area contributed by atoms with E-state index in [-0.39, 0.29) is 0 Å². The van der Waals surface area contributed by atoms with Crippen LogP contribution in [0.1, 0.15) is 11.7 Å². The Hall–Kier alpha value is -0.900. The molecule has 0 amide bonds. The number of aryl methyl sites for hydroxylation is 1. The van der Waals surface area contributed by atoms with Gasteiger partial charge in [-0.1, -0.05) is 5.21 Å². The van der Waals surface area contributed by atoms with Crippen molar-refractivity contribution in [2.45, 2.75) is 13.0 Å². The lowest BCUT2D eigenvalue weighted by Crippen LogP contribution is -2.43. The minimum absolute atomic E-state index is 0.543. The second-order valence-corrected chi connectivity index (χ2v) is 2.65. The highest BCUT2D eigenvalue weighted by Crippen LogP contribution is 2.08. The fraction of sp³-hybridized carbons (Fsp3) is 0.667. The van der Waals surface area contributed by atoms with Crippen molar-refractivity contribution in [3.05, 3.63) is 11.9 Å². The average Bonchev–Trinajstić information content (AvgIpc) is 2.10. The summed E-state index contributed by atoms with van der Waals surface area (Å²) in [7, 11) is 0. The van der Waals surface area contributed by atoms with E-state index in [1.807, 2.05) is 17.8 Å². The van der Waals surface area contributed by atoms with Gasteiger partial charge in [0.2, 0.25) is 0 Å². The topological polar surface area (TPSA) is 42.7 Å². The van der Waals surface area contributed by atoms with Crippen molar-refractivity contribution in [1.29, 1.82) is 0 Å². The molecular formula is C6H10N4. The van der Waals surface area contributed by atoms with Gasteiger partial charge in [0.15, 0.2) is 0 Å². The van der Waals surface area contributed by atoms with E-state index in [0.29, 0.717) is 6.04 Å². The van der Waals surface area contributed by atoms with Gasteiger partial charge < -0.3 is 5.32 Å². The molecule has 2 heterocycles. The van der Waals surface area contributed by atoms with Crippen LogP contribution in [0.2, 0.25) is 0 Å². The van der Waals surface area contributed by atoms with Gasteiger partial charge in [0.05, 0.1) is 11.7 Å². The van der Waals surface area contributed by atoms with E-state index in [1.54, 1.807) is 0 Å². The Morgan fingerprint density at radius 1 is 1.70 bits per heavy atom. The third-order valence-corrected chi connectivity index (χ3v) is 1.76. The van der Waals surface area contributed by atoms with Crippen molar-refractivity contribution >= 4 is 0 Å². The van der Waals surface area contributed by atoms with Crippen LogP contribution in [-0.2, 0) is 0 Å². The van der Waals surface area contributed by atoms with Gasteiger partial charge in [-0.2, -0.15) is 0 Å². The first-order chi connectivity index (χ1) is 4.86. The molecule has 0 radical (unpaired) electrons. The van der Waals surface area contributed by atoms with E-state index in [2.05, 4.69) is 15.6 Å². The monoisotopic (exact) mass is 138 g/mol. The van der Waals surface area contributed by atoms with Crippen molar-refractivity contribution in [2.24, 2.45) is 0 Å². The Balaban J connectivity index is 2.17. The standard InChI is InChI=1S/C6H10N4/c1-5-4-10(9-8-5)6-2-7-3-6/h4,6-7H,2-3H2,1H3. The second kappa shape index (κ2) is 2.05. The number of aromatic nitrogens is 3. The molecule has 0 atom stereocenters. The molecule has 10 heavy (non-hydrogen) atoms. The molecule has 54 valence electrons. The summed E-state index contributed by atoms with van der Waals surface area (Å²) in [5.41, 5.74) is 0.993. The second-order valence-electron chi connectivity index (χ2n) is 2.65. The average molecular weight is 138 g/mol. The fourth-order valence-electron chi connectivity index (χ4n) is 1.00. The van der Waals surface area contributed by atoms with E-state index in [1.165, 1.54) is 0 Å². The van der Waals surface area contributed by atoms with Gasteiger partial charge >= 0.3 is 0 Å². The molecule has 0 spiro atoms. The summed E-state index contributed by atoms with van der Waals surface area (Å²) < 4.78 is 1.92. The number of rotatable bonds is 1. The van der Waals surface area contributed by atoms with Gasteiger partial charge in [0.1, 0.15) is 0 Å². The Morgan fingerprint density at radius 3 is 2.90 bits per heavy atom. The zero-order chi connectivity index (χ0) is 6.97. The zero-order valence-corrected chi connectivity index (χ0v) is 5.91. The van der Waals surface area contributed by atoms with E-state index in [0.717, 1.165) is 18.8 Å². The van der Waals surface area contributed by atoms with Crippen LogP contribution in [0.4, 0.5) is 0 Å². The van der Waals surface area contributed by atoms with E-state index < -0.39 is 0 Å². The van der Waals surface area contributed by atoms with Crippen molar-refractivity contribution in [2.75, 3.05) is 13.1 Å². The summed E-state index contributed by atoms with van der Waals surface area (Å²) >= 11 is 0. The van der Waals surface area contributed by atoms with Crippen molar-refractivity contribution in [1.82, 2.24) is 20.3 Å². The number of hydrogen-bond donors (Lipinski definition) is 1. The Bertz CT molecular complexity index is 225. The SMILES string of the molecule is Cc1cn(C2CNC2)nn1. The van der Waals surface area contributed by atoms with Crippen LogP contribution in [0.5, 0.6) is 0 Å². The third-order valence-electron chi connectivity index (χ3n) is 1.76. The lowest BCUT2D eigenvalue weighted by molar-refractivity contribution is 0.313. The summed E-state index contributed by atoms with van der Waals surface area (Å²) in [5, 5.41) is 11.0. The van der Waals surface area contributed by atoms with Gasteiger partial charge in [-0.3, -0.25) is 0 Å². The molecule has 2 rings (SSSR count). The lowest BCUT2D eigenvalue weighted by Gasteiger charge is -2.26. The largest absolute Gasteiger partial charge is 0.312 e. The van der Waals surface area contributed by atoms with E-state index >= 15 is 0 Å². The first-order valence-corrected chi connectivity index (χ1v) is 3.45. The van der Waals surface area contributed by atoms with Gasteiger partial charge in [0.25, 0.3) is 0 Å². The Kier molecular flexibility index (Phi) is 1.20. The molecule has 1 aliphatic heterocycles. The molecule has 4 heteroatoms. The molecule has 1 saturated heterocycles. The highest BCUT2D eigenvalue weighted by atomic mass is 15.4. The molecule has 0 aliphatic carbocycles. The smallest absolute Gasteiger partial charge is 0.0796 e. The molecule has 1 aromatic heterocycles. The predicted molar refractivity (Wildman–Crippen MR) is 36.7 cm³/mol. The van der Waals surface area contributed by atoms with Crippen LogP contribution >= 0.6 is 0 Å². The van der Waals surface area contributed by atoms with Crippen LogP contribution in [0, 0.1) is 6.92 Å². The molecule has 1 fully saturated rings. The zero-order valence-electron chi connectivity index (χ0n) is 5.91. The maximum atomic E-state index is 3.96. The molecule has 0 bridgehead atoms. The molecule has 0 unspecified atom stereocenters. The Morgan fingerprint density at radius 2 is 2.50 bits per heavy atom. The van der Waals surface area contributed by atoms with Crippen LogP contribution in [-0.4, -0.2) is 28.1 Å². The minimum atomic E-state index is 0.543. The maximum Gasteiger partial charge on any atom is 0.0796 e. The van der Waals surface area contributed by atoms with Crippen LogP contribution in [0.25, 0.3) is 0 Å². The summed E-state index contributed by atoms with van der Waals surface area (Å²) in [6, 6.07) is 0.543. The summed E-state index contributed by atoms with van der Waals surface area (Å²) in [4.78, 5) is 0. The van der Waals surface area contributed by atoms with Crippen molar-refractivity contribution in [3.63, 3.8) is 0 Å². The van der Waals surface area contributed by atoms with E-state index in [9.17, 15) is 0 Å². The molecule has 1 aromatic rings. The van der Waals surface area contributed by atoms with E-state index in [4.69, 9.17) is 0 Å². The summed E-state index contributed by atoms with van der Waals surface area (Å²) in [6.45, 7) is 4.02. The third kappa shape index (κ3) is 0.806. The molecule has 4 nitrogen and oxygen atoms in total. The molecule has 0 aromatic carbocycles. The number of hydrogen-bond acceptors (Lipinski definition) is 3. The van der Waals surface area contributed by atoms with Gasteiger partial charge in [-0.25, -0.2) is 4.68 Å². The molecule has 0 saturated carbocycles. The van der Waals surface area contributed by atoms with Crippen LogP contribution in [0.3, 0.4) is 0 Å². The van der Waals surface area contributed by atoms with Gasteiger partial charge in [-0.15, -0.1) is 5.10 Å².